The topological polar surface area (TPSA) is 18.5 Å². The third kappa shape index (κ3) is 2.07. The smallest absolute Gasteiger partial charge is 0.168 e. The predicted octanol–water partition coefficient (Wildman–Crippen LogP) is 4.79. The Morgan fingerprint density at radius 3 is 2.25 bits per heavy atom. The first-order valence-electron chi connectivity index (χ1n) is 7.05. The normalized spacial score (nSPS) is 10.9. The maximum atomic E-state index is 5.83. The number of hydrogen-bond acceptors (Lipinski definition) is 2. The molecule has 0 heterocycles. The molecule has 0 bridgehead atoms. The van der Waals surface area contributed by atoms with Crippen LogP contribution in [0.15, 0.2) is 48.5 Å². The van der Waals surface area contributed by atoms with Crippen molar-refractivity contribution in [3.05, 3.63) is 48.5 Å². The van der Waals surface area contributed by atoms with Gasteiger partial charge in [0.2, 0.25) is 0 Å². The summed E-state index contributed by atoms with van der Waals surface area (Å²) >= 11 is 0. The van der Waals surface area contributed by atoms with Gasteiger partial charge in [-0.15, -0.1) is 0 Å². The van der Waals surface area contributed by atoms with E-state index in [0.29, 0.717) is 13.2 Å². The zero-order valence-corrected chi connectivity index (χ0v) is 11.8. The van der Waals surface area contributed by atoms with Crippen molar-refractivity contribution in [2.75, 3.05) is 13.2 Å². The second-order valence-corrected chi connectivity index (χ2v) is 4.64. The van der Waals surface area contributed by atoms with Crippen LogP contribution in [0.2, 0.25) is 0 Å². The largest absolute Gasteiger partial charge is 0.490 e. The first-order chi connectivity index (χ1) is 9.85. The molecule has 0 spiro atoms. The molecule has 0 atom stereocenters. The second-order valence-electron chi connectivity index (χ2n) is 4.64. The molecule has 0 saturated carbocycles. The third-order valence-corrected chi connectivity index (χ3v) is 3.43. The lowest BCUT2D eigenvalue weighted by molar-refractivity contribution is 0.291. The van der Waals surface area contributed by atoms with Crippen LogP contribution in [-0.4, -0.2) is 13.2 Å². The Labute approximate surface area is 118 Å². The summed E-state index contributed by atoms with van der Waals surface area (Å²) < 4.78 is 11.5. The van der Waals surface area contributed by atoms with Gasteiger partial charge in [0.05, 0.1) is 13.2 Å². The summed E-state index contributed by atoms with van der Waals surface area (Å²) in [5.74, 6) is 1.66. The van der Waals surface area contributed by atoms with Crippen LogP contribution in [0.25, 0.3) is 21.5 Å². The summed E-state index contributed by atoms with van der Waals surface area (Å²) in [6, 6.07) is 16.8. The van der Waals surface area contributed by atoms with Gasteiger partial charge in [-0.2, -0.15) is 0 Å². The lowest BCUT2D eigenvalue weighted by atomic mass is 10.0. The van der Waals surface area contributed by atoms with Crippen molar-refractivity contribution in [2.45, 2.75) is 13.8 Å². The number of rotatable bonds is 4. The molecule has 102 valence electrons. The van der Waals surface area contributed by atoms with Gasteiger partial charge < -0.3 is 9.47 Å². The standard InChI is InChI=1S/C18H18O2/c1-3-19-17-12-11-15-14-8-6-5-7-13(14)9-10-16(15)18(17)20-4-2/h5-12H,3-4H2,1-2H3. The third-order valence-electron chi connectivity index (χ3n) is 3.43. The molecule has 3 aromatic carbocycles. The minimum Gasteiger partial charge on any atom is -0.490 e. The molecular weight excluding hydrogens is 248 g/mol. The second kappa shape index (κ2) is 5.41. The molecule has 0 amide bonds. The van der Waals surface area contributed by atoms with E-state index in [1.165, 1.54) is 16.2 Å². The van der Waals surface area contributed by atoms with Crippen LogP contribution >= 0.6 is 0 Å². The molecular formula is C18H18O2. The molecule has 0 saturated heterocycles. The van der Waals surface area contributed by atoms with Gasteiger partial charge in [-0.1, -0.05) is 30.3 Å². The summed E-state index contributed by atoms with van der Waals surface area (Å²) in [6.07, 6.45) is 0. The number of fused-ring (bicyclic) bond motifs is 3. The van der Waals surface area contributed by atoms with Crippen molar-refractivity contribution in [3.8, 4) is 11.5 Å². The predicted molar refractivity (Wildman–Crippen MR) is 83.8 cm³/mol. The number of benzene rings is 3. The Bertz CT molecular complexity index is 747. The molecule has 0 aromatic heterocycles. The molecule has 0 radical (unpaired) electrons. The highest BCUT2D eigenvalue weighted by Gasteiger charge is 2.11. The monoisotopic (exact) mass is 266 g/mol. The molecule has 2 heteroatoms. The van der Waals surface area contributed by atoms with E-state index >= 15 is 0 Å². The minimum atomic E-state index is 0.631. The van der Waals surface area contributed by atoms with E-state index in [1.807, 2.05) is 19.9 Å². The van der Waals surface area contributed by atoms with E-state index in [-0.39, 0.29) is 0 Å². The van der Waals surface area contributed by atoms with Crippen LogP contribution < -0.4 is 9.47 Å². The van der Waals surface area contributed by atoms with E-state index in [0.717, 1.165) is 16.9 Å². The summed E-state index contributed by atoms with van der Waals surface area (Å²) in [5, 5.41) is 4.80. The lowest BCUT2D eigenvalue weighted by Gasteiger charge is -2.14. The fraction of sp³-hybridized carbons (Fsp3) is 0.222. The first kappa shape index (κ1) is 12.8. The van der Waals surface area contributed by atoms with E-state index in [1.54, 1.807) is 0 Å². The molecule has 0 fully saturated rings. The van der Waals surface area contributed by atoms with Crippen LogP contribution in [0.1, 0.15) is 13.8 Å². The maximum absolute atomic E-state index is 5.83. The van der Waals surface area contributed by atoms with Gasteiger partial charge >= 0.3 is 0 Å². The molecule has 0 aliphatic heterocycles. The van der Waals surface area contributed by atoms with E-state index in [9.17, 15) is 0 Å². The van der Waals surface area contributed by atoms with Crippen molar-refractivity contribution >= 4 is 21.5 Å². The Morgan fingerprint density at radius 2 is 1.45 bits per heavy atom. The van der Waals surface area contributed by atoms with E-state index in [2.05, 4.69) is 42.5 Å². The molecule has 3 rings (SSSR count). The first-order valence-corrected chi connectivity index (χ1v) is 7.05. The Hall–Kier alpha value is -2.22. The van der Waals surface area contributed by atoms with Crippen LogP contribution in [-0.2, 0) is 0 Å². The summed E-state index contributed by atoms with van der Waals surface area (Å²) in [7, 11) is 0. The Morgan fingerprint density at radius 1 is 0.700 bits per heavy atom. The van der Waals surface area contributed by atoms with Crippen molar-refractivity contribution in [3.63, 3.8) is 0 Å². The average molecular weight is 266 g/mol. The van der Waals surface area contributed by atoms with Gasteiger partial charge in [0, 0.05) is 5.39 Å². The zero-order valence-electron chi connectivity index (χ0n) is 11.8. The van der Waals surface area contributed by atoms with E-state index in [4.69, 9.17) is 9.47 Å². The number of hydrogen-bond donors (Lipinski definition) is 0. The highest BCUT2D eigenvalue weighted by atomic mass is 16.5. The molecule has 3 aromatic rings. The Kier molecular flexibility index (Phi) is 3.46. The SMILES string of the molecule is CCOc1ccc2c(ccc3ccccc32)c1OCC. The van der Waals surface area contributed by atoms with Crippen LogP contribution in [0.3, 0.4) is 0 Å². The fourth-order valence-corrected chi connectivity index (χ4v) is 2.60. The molecule has 2 nitrogen and oxygen atoms in total. The van der Waals surface area contributed by atoms with Crippen LogP contribution in [0.4, 0.5) is 0 Å². The van der Waals surface area contributed by atoms with Gasteiger partial charge in [-0.05, 0) is 48.2 Å². The number of ether oxygens (including phenoxy) is 2. The van der Waals surface area contributed by atoms with Crippen molar-refractivity contribution in [1.82, 2.24) is 0 Å². The molecule has 0 N–H and O–H groups in total. The quantitative estimate of drug-likeness (QED) is 0.632. The van der Waals surface area contributed by atoms with Crippen LogP contribution in [0, 0.1) is 0 Å². The van der Waals surface area contributed by atoms with Crippen molar-refractivity contribution in [1.29, 1.82) is 0 Å². The summed E-state index contributed by atoms with van der Waals surface area (Å²) in [4.78, 5) is 0. The highest BCUT2D eigenvalue weighted by Crippen LogP contribution is 2.38. The zero-order chi connectivity index (χ0) is 13.9. The molecule has 0 aliphatic rings. The lowest BCUT2D eigenvalue weighted by Crippen LogP contribution is -1.99. The van der Waals surface area contributed by atoms with E-state index < -0.39 is 0 Å². The van der Waals surface area contributed by atoms with Gasteiger partial charge in [0.25, 0.3) is 0 Å². The summed E-state index contributed by atoms with van der Waals surface area (Å²) in [5.41, 5.74) is 0. The van der Waals surface area contributed by atoms with Crippen molar-refractivity contribution in [2.24, 2.45) is 0 Å². The molecule has 20 heavy (non-hydrogen) atoms. The average Bonchev–Trinajstić information content (AvgIpc) is 2.49. The highest BCUT2D eigenvalue weighted by molar-refractivity contribution is 6.10. The van der Waals surface area contributed by atoms with Gasteiger partial charge in [-0.3, -0.25) is 0 Å². The molecule has 0 aliphatic carbocycles. The summed E-state index contributed by atoms with van der Waals surface area (Å²) in [6.45, 7) is 5.25. The fourth-order valence-electron chi connectivity index (χ4n) is 2.60. The van der Waals surface area contributed by atoms with Gasteiger partial charge in [0.1, 0.15) is 0 Å². The van der Waals surface area contributed by atoms with Crippen molar-refractivity contribution < 1.29 is 9.47 Å². The minimum absolute atomic E-state index is 0.631. The van der Waals surface area contributed by atoms with Crippen LogP contribution in [0.5, 0.6) is 11.5 Å². The maximum Gasteiger partial charge on any atom is 0.168 e. The molecule has 0 unspecified atom stereocenters. The van der Waals surface area contributed by atoms with Gasteiger partial charge in [-0.25, -0.2) is 0 Å². The van der Waals surface area contributed by atoms with Gasteiger partial charge in [0.15, 0.2) is 11.5 Å². The Balaban J connectivity index is 2.33.